The molecule has 0 radical (unpaired) electrons. The summed E-state index contributed by atoms with van der Waals surface area (Å²) in [5.74, 6) is -2.17. The Bertz CT molecular complexity index is 817. The van der Waals surface area contributed by atoms with E-state index < -0.39 is 27.7 Å². The first-order valence-corrected chi connectivity index (χ1v) is 7.94. The van der Waals surface area contributed by atoms with Crippen LogP contribution in [-0.4, -0.2) is 23.2 Å². The van der Waals surface area contributed by atoms with Crippen molar-refractivity contribution in [2.75, 3.05) is 12.4 Å². The average molecular weight is 368 g/mol. The van der Waals surface area contributed by atoms with Crippen molar-refractivity contribution < 1.29 is 23.2 Å². The number of rotatable bonds is 6. The highest BCUT2D eigenvalue weighted by Gasteiger charge is 2.19. The SMILES string of the molecule is COc1ccc([N+](=O)[O-])cc1NC(=O)[C@@H](C)Sc1ccc(F)c(F)c1. The van der Waals surface area contributed by atoms with Crippen LogP contribution in [-0.2, 0) is 4.79 Å². The van der Waals surface area contributed by atoms with E-state index in [0.29, 0.717) is 4.90 Å². The number of nitro groups is 1. The second kappa shape index (κ2) is 7.93. The third-order valence-corrected chi connectivity index (χ3v) is 4.32. The minimum Gasteiger partial charge on any atom is -0.495 e. The van der Waals surface area contributed by atoms with E-state index >= 15 is 0 Å². The van der Waals surface area contributed by atoms with Crippen molar-refractivity contribution in [3.05, 3.63) is 58.1 Å². The Labute approximate surface area is 146 Å². The summed E-state index contributed by atoms with van der Waals surface area (Å²) in [4.78, 5) is 22.9. The average Bonchev–Trinajstić information content (AvgIpc) is 2.57. The maximum atomic E-state index is 13.2. The molecule has 0 unspecified atom stereocenters. The summed E-state index contributed by atoms with van der Waals surface area (Å²) >= 11 is 1.02. The molecule has 2 aromatic carbocycles. The highest BCUT2D eigenvalue weighted by Crippen LogP contribution is 2.31. The number of amides is 1. The lowest BCUT2D eigenvalue weighted by Crippen LogP contribution is -2.22. The monoisotopic (exact) mass is 368 g/mol. The van der Waals surface area contributed by atoms with Gasteiger partial charge in [-0.2, -0.15) is 0 Å². The van der Waals surface area contributed by atoms with E-state index in [9.17, 15) is 23.7 Å². The largest absolute Gasteiger partial charge is 0.495 e. The number of hydrogen-bond acceptors (Lipinski definition) is 5. The summed E-state index contributed by atoms with van der Waals surface area (Å²) in [6.45, 7) is 1.57. The van der Waals surface area contributed by atoms with Crippen LogP contribution in [0.3, 0.4) is 0 Å². The van der Waals surface area contributed by atoms with Crippen LogP contribution in [0.15, 0.2) is 41.3 Å². The Balaban J connectivity index is 2.13. The van der Waals surface area contributed by atoms with Crippen LogP contribution in [0.25, 0.3) is 0 Å². The number of non-ortho nitro benzene ring substituents is 1. The van der Waals surface area contributed by atoms with Gasteiger partial charge in [0.25, 0.3) is 5.69 Å². The molecule has 0 saturated heterocycles. The summed E-state index contributed by atoms with van der Waals surface area (Å²) in [5, 5.41) is 12.7. The summed E-state index contributed by atoms with van der Waals surface area (Å²) in [7, 11) is 1.37. The summed E-state index contributed by atoms with van der Waals surface area (Å²) in [5.41, 5.74) is -0.0450. The van der Waals surface area contributed by atoms with Gasteiger partial charge in [-0.05, 0) is 31.2 Å². The van der Waals surface area contributed by atoms with Crippen molar-refractivity contribution in [2.45, 2.75) is 17.1 Å². The van der Waals surface area contributed by atoms with Gasteiger partial charge in [0.15, 0.2) is 11.6 Å². The van der Waals surface area contributed by atoms with Gasteiger partial charge < -0.3 is 10.1 Å². The van der Waals surface area contributed by atoms with Crippen LogP contribution in [0.4, 0.5) is 20.2 Å². The number of anilines is 1. The predicted octanol–water partition coefficient (Wildman–Crippen LogP) is 4.00. The highest BCUT2D eigenvalue weighted by molar-refractivity contribution is 8.00. The number of ether oxygens (including phenoxy) is 1. The molecule has 0 aliphatic carbocycles. The van der Waals surface area contributed by atoms with Gasteiger partial charge in [0.05, 0.1) is 23.0 Å². The topological polar surface area (TPSA) is 81.5 Å². The van der Waals surface area contributed by atoms with Crippen LogP contribution >= 0.6 is 11.8 Å². The minimum atomic E-state index is -1.00. The normalized spacial score (nSPS) is 11.7. The van der Waals surface area contributed by atoms with Crippen LogP contribution in [0.2, 0.25) is 0 Å². The fraction of sp³-hybridized carbons (Fsp3) is 0.188. The van der Waals surface area contributed by atoms with Crippen LogP contribution in [0.1, 0.15) is 6.92 Å². The number of thioether (sulfide) groups is 1. The van der Waals surface area contributed by atoms with E-state index in [4.69, 9.17) is 4.74 Å². The first-order valence-electron chi connectivity index (χ1n) is 7.07. The van der Waals surface area contributed by atoms with Crippen molar-refractivity contribution in [3.8, 4) is 5.75 Å². The molecule has 0 bridgehead atoms. The number of nitrogens with zero attached hydrogens (tertiary/aromatic N) is 1. The van der Waals surface area contributed by atoms with Gasteiger partial charge in [-0.1, -0.05) is 0 Å². The minimum absolute atomic E-state index is 0.152. The number of hydrogen-bond donors (Lipinski definition) is 1. The molecule has 0 aromatic heterocycles. The number of benzene rings is 2. The molecular weight excluding hydrogens is 354 g/mol. The molecule has 0 heterocycles. The third-order valence-electron chi connectivity index (χ3n) is 3.22. The van der Waals surface area contributed by atoms with Crippen LogP contribution in [0.5, 0.6) is 5.75 Å². The Morgan fingerprint density at radius 1 is 1.24 bits per heavy atom. The van der Waals surface area contributed by atoms with E-state index in [1.807, 2.05) is 0 Å². The summed E-state index contributed by atoms with van der Waals surface area (Å²) < 4.78 is 31.2. The molecule has 9 heteroatoms. The van der Waals surface area contributed by atoms with Crippen molar-refractivity contribution in [3.63, 3.8) is 0 Å². The van der Waals surface area contributed by atoms with E-state index in [2.05, 4.69) is 5.32 Å². The number of carbonyl (C=O) groups excluding carboxylic acids is 1. The van der Waals surface area contributed by atoms with Gasteiger partial charge >= 0.3 is 0 Å². The quantitative estimate of drug-likeness (QED) is 0.473. The van der Waals surface area contributed by atoms with Crippen molar-refractivity contribution >= 4 is 29.0 Å². The summed E-state index contributed by atoms with van der Waals surface area (Å²) in [6.07, 6.45) is 0. The molecule has 0 aliphatic heterocycles. The molecule has 0 aliphatic rings. The Morgan fingerprint density at radius 2 is 1.96 bits per heavy atom. The second-order valence-corrected chi connectivity index (χ2v) is 6.38. The second-order valence-electron chi connectivity index (χ2n) is 4.97. The van der Waals surface area contributed by atoms with Crippen molar-refractivity contribution in [1.29, 1.82) is 0 Å². The van der Waals surface area contributed by atoms with Crippen LogP contribution < -0.4 is 10.1 Å². The van der Waals surface area contributed by atoms with Gasteiger partial charge in [-0.15, -0.1) is 11.8 Å². The molecule has 2 rings (SSSR count). The number of methoxy groups -OCH3 is 1. The predicted molar refractivity (Wildman–Crippen MR) is 90.0 cm³/mol. The van der Waals surface area contributed by atoms with Gasteiger partial charge in [-0.25, -0.2) is 8.78 Å². The lowest BCUT2D eigenvalue weighted by Gasteiger charge is -2.14. The van der Waals surface area contributed by atoms with E-state index in [1.54, 1.807) is 6.92 Å². The first-order chi connectivity index (χ1) is 11.8. The number of nitro benzene ring substituents is 1. The molecule has 25 heavy (non-hydrogen) atoms. The molecule has 1 N–H and O–H groups in total. The van der Waals surface area contributed by atoms with Crippen molar-refractivity contribution in [2.24, 2.45) is 0 Å². The highest BCUT2D eigenvalue weighted by atomic mass is 32.2. The van der Waals surface area contributed by atoms with Crippen LogP contribution in [0, 0.1) is 21.7 Å². The zero-order valence-corrected chi connectivity index (χ0v) is 14.1. The van der Waals surface area contributed by atoms with Crippen molar-refractivity contribution in [1.82, 2.24) is 0 Å². The Morgan fingerprint density at radius 3 is 2.56 bits per heavy atom. The molecule has 1 atom stereocenters. The standard InChI is InChI=1S/C16H14F2N2O4S/c1-9(25-11-4-5-12(17)13(18)8-11)16(21)19-14-7-10(20(22)23)3-6-15(14)24-2/h3-9H,1-2H3,(H,19,21)/t9-/m1/s1. The van der Waals surface area contributed by atoms with E-state index in [-0.39, 0.29) is 17.1 Å². The molecular formula is C16H14F2N2O4S. The molecule has 0 fully saturated rings. The number of halogens is 2. The molecule has 6 nitrogen and oxygen atoms in total. The zero-order chi connectivity index (χ0) is 18.6. The van der Waals surface area contributed by atoms with Gasteiger partial charge in [0.2, 0.25) is 5.91 Å². The fourth-order valence-electron chi connectivity index (χ4n) is 1.95. The van der Waals surface area contributed by atoms with E-state index in [0.717, 1.165) is 23.9 Å². The molecule has 0 spiro atoms. The molecule has 132 valence electrons. The smallest absolute Gasteiger partial charge is 0.271 e. The lowest BCUT2D eigenvalue weighted by molar-refractivity contribution is -0.384. The Kier molecular flexibility index (Phi) is 5.92. The van der Waals surface area contributed by atoms with Gasteiger partial charge in [0, 0.05) is 17.0 Å². The Hall–Kier alpha value is -2.68. The fourth-order valence-corrected chi connectivity index (χ4v) is 2.84. The maximum absolute atomic E-state index is 13.2. The third kappa shape index (κ3) is 4.66. The molecule has 1 amide bonds. The number of nitrogens with one attached hydrogen (secondary N) is 1. The summed E-state index contributed by atoms with van der Waals surface area (Å²) in [6, 6.07) is 7.16. The van der Waals surface area contributed by atoms with E-state index in [1.165, 1.54) is 31.4 Å². The molecule has 2 aromatic rings. The molecule has 0 saturated carbocycles. The maximum Gasteiger partial charge on any atom is 0.271 e. The lowest BCUT2D eigenvalue weighted by atomic mass is 10.2. The zero-order valence-electron chi connectivity index (χ0n) is 13.3. The van der Waals surface area contributed by atoms with Gasteiger partial charge in [0.1, 0.15) is 5.75 Å². The first kappa shape index (κ1) is 18.7. The number of carbonyl (C=O) groups is 1. The van der Waals surface area contributed by atoms with Gasteiger partial charge in [-0.3, -0.25) is 14.9 Å².